The van der Waals surface area contributed by atoms with Crippen molar-refractivity contribution in [2.45, 2.75) is 70.1 Å². The van der Waals surface area contributed by atoms with Gasteiger partial charge in [0.15, 0.2) is 0 Å². The number of nitrogens with one attached hydrogen (secondary N) is 1. The molecule has 8 heteroatoms. The Balaban J connectivity index is 1.39. The average molecular weight is 425 g/mol. The second kappa shape index (κ2) is 6.88. The number of carbonyl (C=O) groups is 4. The highest BCUT2D eigenvalue weighted by Crippen LogP contribution is 2.38. The third-order valence-corrected chi connectivity index (χ3v) is 7.05. The molecule has 4 aliphatic rings. The lowest BCUT2D eigenvalue weighted by Gasteiger charge is -2.48. The zero-order valence-electron chi connectivity index (χ0n) is 18.2. The molecule has 3 fully saturated rings. The van der Waals surface area contributed by atoms with Crippen LogP contribution in [0.2, 0.25) is 0 Å². The maximum Gasteiger partial charge on any atom is 0.262 e. The topological polar surface area (TPSA) is 90.0 Å². The molecule has 164 valence electrons. The van der Waals surface area contributed by atoms with Crippen LogP contribution in [0.4, 0.5) is 5.69 Å². The number of piperazine rings is 1. The van der Waals surface area contributed by atoms with Gasteiger partial charge in [-0.05, 0) is 58.2 Å². The van der Waals surface area contributed by atoms with Crippen molar-refractivity contribution in [2.24, 2.45) is 0 Å². The maximum absolute atomic E-state index is 13.1. The summed E-state index contributed by atoms with van der Waals surface area (Å²) in [6, 6.07) is 5.43. The van der Waals surface area contributed by atoms with Gasteiger partial charge in [0.2, 0.25) is 11.8 Å². The molecule has 1 aromatic carbocycles. The first-order valence-electron chi connectivity index (χ1n) is 11.0. The molecule has 0 aliphatic carbocycles. The van der Waals surface area contributed by atoms with Crippen LogP contribution >= 0.6 is 0 Å². The molecule has 2 unspecified atom stereocenters. The van der Waals surface area contributed by atoms with Crippen LogP contribution in [0.3, 0.4) is 0 Å². The quantitative estimate of drug-likeness (QED) is 0.725. The van der Waals surface area contributed by atoms with Crippen LogP contribution < -0.4 is 10.2 Å². The molecule has 1 N–H and O–H groups in total. The van der Waals surface area contributed by atoms with Crippen molar-refractivity contribution in [3.8, 4) is 0 Å². The van der Waals surface area contributed by atoms with E-state index in [1.54, 1.807) is 12.1 Å². The van der Waals surface area contributed by atoms with Crippen molar-refractivity contribution in [3.05, 3.63) is 29.3 Å². The Morgan fingerprint density at radius 1 is 0.903 bits per heavy atom. The van der Waals surface area contributed by atoms with Gasteiger partial charge in [-0.2, -0.15) is 0 Å². The summed E-state index contributed by atoms with van der Waals surface area (Å²) < 4.78 is 0. The summed E-state index contributed by atoms with van der Waals surface area (Å²) in [7, 11) is 0. The second-order valence-electron chi connectivity index (χ2n) is 10.0. The minimum atomic E-state index is -0.931. The van der Waals surface area contributed by atoms with E-state index in [9.17, 15) is 19.2 Å². The van der Waals surface area contributed by atoms with E-state index in [0.29, 0.717) is 23.2 Å². The third kappa shape index (κ3) is 3.15. The van der Waals surface area contributed by atoms with E-state index < -0.39 is 23.8 Å². The predicted molar refractivity (Wildman–Crippen MR) is 114 cm³/mol. The first kappa shape index (κ1) is 20.2. The first-order chi connectivity index (χ1) is 14.6. The van der Waals surface area contributed by atoms with Gasteiger partial charge < -0.3 is 4.90 Å². The van der Waals surface area contributed by atoms with Gasteiger partial charge in [-0.3, -0.25) is 34.3 Å². The Hall–Kier alpha value is -2.74. The van der Waals surface area contributed by atoms with Crippen molar-refractivity contribution in [3.63, 3.8) is 0 Å². The Labute approximate surface area is 181 Å². The smallest absolute Gasteiger partial charge is 0.262 e. The Morgan fingerprint density at radius 2 is 1.55 bits per heavy atom. The lowest BCUT2D eigenvalue weighted by molar-refractivity contribution is -0.136. The maximum atomic E-state index is 13.1. The number of fused-ring (bicyclic) bond motifs is 3. The minimum Gasteiger partial charge on any atom is -0.368 e. The molecule has 1 aromatic rings. The normalized spacial score (nSPS) is 28.9. The Kier molecular flexibility index (Phi) is 4.48. The van der Waals surface area contributed by atoms with Crippen LogP contribution in [0, 0.1) is 0 Å². The molecule has 4 heterocycles. The van der Waals surface area contributed by atoms with Gasteiger partial charge in [-0.15, -0.1) is 0 Å². The molecule has 2 bridgehead atoms. The third-order valence-electron chi connectivity index (χ3n) is 7.05. The fourth-order valence-corrected chi connectivity index (χ4v) is 5.86. The number of amides is 4. The molecule has 4 amide bonds. The molecular formula is C23H28N4O4. The second-order valence-corrected chi connectivity index (χ2v) is 10.0. The summed E-state index contributed by atoms with van der Waals surface area (Å²) in [5, 5.41) is 2.23. The van der Waals surface area contributed by atoms with E-state index in [1.165, 1.54) is 12.8 Å². The standard InChI is InChI=1S/C23H28N4O4/c1-23(2,3)27-14-4-5-15(27)12-25(11-14)13-6-7-16-17(10-13)22(31)26(21(16)30)18-8-9-19(28)24-20(18)29/h6-7,10,14-15,18H,4-5,8-9,11-12H2,1-3H3,(H,24,28,29)/t14?,15?,18-/m0/s1. The molecule has 0 spiro atoms. The van der Waals surface area contributed by atoms with Gasteiger partial charge >= 0.3 is 0 Å². The molecule has 3 saturated heterocycles. The van der Waals surface area contributed by atoms with Crippen LogP contribution in [0.25, 0.3) is 0 Å². The Bertz CT molecular complexity index is 984. The highest BCUT2D eigenvalue weighted by atomic mass is 16.2. The molecule has 5 rings (SSSR count). The lowest BCUT2D eigenvalue weighted by atomic mass is 9.99. The zero-order chi connectivity index (χ0) is 22.1. The van der Waals surface area contributed by atoms with E-state index in [2.05, 4.69) is 35.9 Å². The van der Waals surface area contributed by atoms with E-state index >= 15 is 0 Å². The van der Waals surface area contributed by atoms with E-state index in [4.69, 9.17) is 0 Å². The predicted octanol–water partition coefficient (Wildman–Crippen LogP) is 1.54. The van der Waals surface area contributed by atoms with Gasteiger partial charge in [0.1, 0.15) is 6.04 Å². The largest absolute Gasteiger partial charge is 0.368 e. The molecule has 0 saturated carbocycles. The SMILES string of the molecule is CC(C)(C)N1C2CCC1CN(c1ccc3c(c1)C(=O)N([C@H]1CCC(=O)NC1=O)C3=O)C2. The van der Waals surface area contributed by atoms with Crippen molar-refractivity contribution >= 4 is 29.3 Å². The van der Waals surface area contributed by atoms with Crippen LogP contribution in [0.15, 0.2) is 18.2 Å². The van der Waals surface area contributed by atoms with Crippen molar-refractivity contribution < 1.29 is 19.2 Å². The molecule has 31 heavy (non-hydrogen) atoms. The molecule has 4 aliphatic heterocycles. The summed E-state index contributed by atoms with van der Waals surface area (Å²) in [6.07, 6.45) is 2.63. The van der Waals surface area contributed by atoms with Crippen molar-refractivity contribution in [1.29, 1.82) is 0 Å². The van der Waals surface area contributed by atoms with Crippen LogP contribution in [-0.4, -0.2) is 70.2 Å². The summed E-state index contributed by atoms with van der Waals surface area (Å²) in [5.74, 6) is -1.86. The molecule has 3 atom stereocenters. The lowest BCUT2D eigenvalue weighted by Crippen LogP contribution is -2.60. The average Bonchev–Trinajstić information content (AvgIpc) is 3.13. The molecule has 8 nitrogen and oxygen atoms in total. The van der Waals surface area contributed by atoms with Gasteiger partial charge in [0.05, 0.1) is 11.1 Å². The number of imide groups is 2. The highest BCUT2D eigenvalue weighted by Gasteiger charge is 2.47. The Morgan fingerprint density at radius 3 is 2.16 bits per heavy atom. The number of carbonyl (C=O) groups excluding carboxylic acids is 4. The van der Waals surface area contributed by atoms with Gasteiger partial charge in [0, 0.05) is 42.8 Å². The molecular weight excluding hydrogens is 396 g/mol. The number of hydrogen-bond acceptors (Lipinski definition) is 6. The van der Waals surface area contributed by atoms with Gasteiger partial charge in [0.25, 0.3) is 11.8 Å². The number of anilines is 1. The van der Waals surface area contributed by atoms with E-state index in [0.717, 1.165) is 23.7 Å². The van der Waals surface area contributed by atoms with E-state index in [-0.39, 0.29) is 24.3 Å². The van der Waals surface area contributed by atoms with E-state index in [1.807, 2.05) is 6.07 Å². The van der Waals surface area contributed by atoms with Crippen molar-refractivity contribution in [2.75, 3.05) is 18.0 Å². The minimum absolute atomic E-state index is 0.121. The summed E-state index contributed by atoms with van der Waals surface area (Å²) in [6.45, 7) is 8.57. The highest BCUT2D eigenvalue weighted by molar-refractivity contribution is 6.23. The summed E-state index contributed by atoms with van der Waals surface area (Å²) >= 11 is 0. The van der Waals surface area contributed by atoms with Crippen LogP contribution in [0.1, 0.15) is 67.2 Å². The number of rotatable bonds is 2. The zero-order valence-corrected chi connectivity index (χ0v) is 18.2. The number of piperidine rings is 1. The van der Waals surface area contributed by atoms with Crippen LogP contribution in [-0.2, 0) is 9.59 Å². The number of hydrogen-bond donors (Lipinski definition) is 1. The monoisotopic (exact) mass is 424 g/mol. The van der Waals surface area contributed by atoms with Crippen molar-refractivity contribution in [1.82, 2.24) is 15.1 Å². The molecule has 0 aromatic heterocycles. The fourth-order valence-electron chi connectivity index (χ4n) is 5.86. The van der Waals surface area contributed by atoms with Gasteiger partial charge in [-0.25, -0.2) is 0 Å². The number of benzene rings is 1. The van der Waals surface area contributed by atoms with Gasteiger partial charge in [-0.1, -0.05) is 0 Å². The fraction of sp³-hybridized carbons (Fsp3) is 0.565. The first-order valence-corrected chi connectivity index (χ1v) is 11.0. The molecule has 0 radical (unpaired) electrons. The van der Waals surface area contributed by atoms with Crippen LogP contribution in [0.5, 0.6) is 0 Å². The summed E-state index contributed by atoms with van der Waals surface area (Å²) in [4.78, 5) is 55.7. The number of nitrogens with zero attached hydrogens (tertiary/aromatic N) is 3. The summed E-state index contributed by atoms with van der Waals surface area (Å²) in [5.41, 5.74) is 1.74.